The molecule has 0 aliphatic carbocycles. The summed E-state index contributed by atoms with van der Waals surface area (Å²) >= 11 is 0. The van der Waals surface area contributed by atoms with Crippen molar-refractivity contribution in [2.24, 2.45) is 0 Å². The first-order valence-corrected chi connectivity index (χ1v) is 5.54. The normalized spacial score (nSPS) is 10.2. The van der Waals surface area contributed by atoms with E-state index in [1.165, 1.54) is 12.3 Å². The zero-order valence-corrected chi connectivity index (χ0v) is 10.2. The van der Waals surface area contributed by atoms with Crippen LogP contribution in [0.1, 0.15) is 20.8 Å². The van der Waals surface area contributed by atoms with Crippen LogP contribution in [-0.2, 0) is 0 Å². The van der Waals surface area contributed by atoms with Gasteiger partial charge in [0.2, 0.25) is 0 Å². The number of aromatic carboxylic acids is 1. The van der Waals surface area contributed by atoms with Crippen molar-refractivity contribution < 1.29 is 27.9 Å². The Balaban J connectivity index is 2.35. The summed E-state index contributed by atoms with van der Waals surface area (Å²) in [6.07, 6.45) is 1.17. The molecule has 0 unspecified atom stereocenters. The lowest BCUT2D eigenvalue weighted by Gasteiger charge is -2.08. The van der Waals surface area contributed by atoms with Gasteiger partial charge in [-0.05, 0) is 12.1 Å². The fourth-order valence-electron chi connectivity index (χ4n) is 1.56. The predicted octanol–water partition coefficient (Wildman–Crippen LogP) is 2.45. The van der Waals surface area contributed by atoms with Gasteiger partial charge >= 0.3 is 5.97 Å². The van der Waals surface area contributed by atoms with E-state index in [1.807, 2.05) is 5.32 Å². The van der Waals surface area contributed by atoms with E-state index in [9.17, 15) is 22.8 Å². The third-order valence-electron chi connectivity index (χ3n) is 2.51. The monoisotopic (exact) mass is 296 g/mol. The van der Waals surface area contributed by atoms with E-state index in [4.69, 9.17) is 5.11 Å². The molecule has 1 heterocycles. The summed E-state index contributed by atoms with van der Waals surface area (Å²) in [4.78, 5) is 26.4. The number of nitrogens with one attached hydrogen (secondary N) is 1. The predicted molar refractivity (Wildman–Crippen MR) is 65.5 cm³/mol. The minimum atomic E-state index is -1.41. The zero-order chi connectivity index (χ0) is 15.6. The Bertz CT molecular complexity index is 735. The molecule has 0 aliphatic heterocycles. The molecule has 0 aliphatic rings. The fourth-order valence-corrected chi connectivity index (χ4v) is 1.56. The number of amides is 1. The lowest BCUT2D eigenvalue weighted by Crippen LogP contribution is -2.19. The van der Waals surface area contributed by atoms with Crippen LogP contribution in [0.15, 0.2) is 30.5 Å². The maximum atomic E-state index is 13.4. The average molecular weight is 296 g/mol. The summed E-state index contributed by atoms with van der Waals surface area (Å²) in [5.41, 5.74) is -1.51. The van der Waals surface area contributed by atoms with Gasteiger partial charge in [0, 0.05) is 18.3 Å². The molecule has 2 rings (SSSR count). The third-order valence-corrected chi connectivity index (χ3v) is 2.51. The minimum absolute atomic E-state index is 0.265. The Kier molecular flexibility index (Phi) is 3.88. The largest absolute Gasteiger partial charge is 0.478 e. The lowest BCUT2D eigenvalue weighted by molar-refractivity contribution is 0.0691. The summed E-state index contributed by atoms with van der Waals surface area (Å²) in [6.45, 7) is 0. The molecular formula is C13H7F3N2O3. The summed E-state index contributed by atoms with van der Waals surface area (Å²) < 4.78 is 39.2. The number of anilines is 1. The van der Waals surface area contributed by atoms with Crippen LogP contribution in [0, 0.1) is 17.5 Å². The summed E-state index contributed by atoms with van der Waals surface area (Å²) in [5, 5.41) is 10.9. The van der Waals surface area contributed by atoms with Gasteiger partial charge in [0.1, 0.15) is 11.5 Å². The Morgan fingerprint density at radius 3 is 2.43 bits per heavy atom. The van der Waals surface area contributed by atoms with Crippen molar-refractivity contribution in [3.63, 3.8) is 0 Å². The van der Waals surface area contributed by atoms with E-state index in [2.05, 4.69) is 4.98 Å². The van der Waals surface area contributed by atoms with Crippen molar-refractivity contribution in [2.45, 2.75) is 0 Å². The number of hydrogen-bond acceptors (Lipinski definition) is 3. The molecule has 0 spiro atoms. The Morgan fingerprint density at radius 2 is 1.76 bits per heavy atom. The first kappa shape index (κ1) is 14.5. The van der Waals surface area contributed by atoms with Crippen LogP contribution in [0.25, 0.3) is 0 Å². The SMILES string of the molecule is O=C(O)c1cccnc1C(=O)Nc1cc(F)c(F)cc1F. The second kappa shape index (κ2) is 5.61. The molecule has 1 aromatic heterocycles. The molecule has 1 amide bonds. The molecule has 1 aromatic carbocycles. The molecule has 5 nitrogen and oxygen atoms in total. The van der Waals surface area contributed by atoms with Crippen molar-refractivity contribution in [3.05, 3.63) is 59.2 Å². The minimum Gasteiger partial charge on any atom is -0.478 e. The molecule has 2 aromatic rings. The highest BCUT2D eigenvalue weighted by atomic mass is 19.2. The molecule has 2 N–H and O–H groups in total. The number of benzene rings is 1. The highest BCUT2D eigenvalue weighted by molar-refractivity contribution is 6.09. The number of carbonyl (C=O) groups is 2. The number of carboxylic acids is 1. The second-order valence-corrected chi connectivity index (χ2v) is 3.91. The number of halogens is 3. The number of rotatable bonds is 3. The van der Waals surface area contributed by atoms with E-state index >= 15 is 0 Å². The fraction of sp³-hybridized carbons (Fsp3) is 0. The van der Waals surface area contributed by atoms with E-state index in [0.29, 0.717) is 6.07 Å². The van der Waals surface area contributed by atoms with E-state index < -0.39 is 46.3 Å². The van der Waals surface area contributed by atoms with Gasteiger partial charge in [-0.3, -0.25) is 9.78 Å². The van der Waals surface area contributed by atoms with Crippen LogP contribution < -0.4 is 5.32 Å². The van der Waals surface area contributed by atoms with Crippen LogP contribution in [0.4, 0.5) is 18.9 Å². The molecule has 8 heteroatoms. The highest BCUT2D eigenvalue weighted by Crippen LogP contribution is 2.19. The number of carbonyl (C=O) groups excluding carboxylic acids is 1. The maximum Gasteiger partial charge on any atom is 0.338 e. The molecule has 108 valence electrons. The van der Waals surface area contributed by atoms with Gasteiger partial charge in [0.05, 0.1) is 11.3 Å². The highest BCUT2D eigenvalue weighted by Gasteiger charge is 2.19. The number of aromatic nitrogens is 1. The van der Waals surface area contributed by atoms with Crippen LogP contribution in [0.3, 0.4) is 0 Å². The lowest BCUT2D eigenvalue weighted by atomic mass is 10.2. The third kappa shape index (κ3) is 2.99. The Hall–Kier alpha value is -2.90. The molecule has 0 atom stereocenters. The van der Waals surface area contributed by atoms with Crippen molar-refractivity contribution >= 4 is 17.6 Å². The topological polar surface area (TPSA) is 79.3 Å². The molecule has 0 fully saturated rings. The first-order valence-electron chi connectivity index (χ1n) is 5.54. The Morgan fingerprint density at radius 1 is 1.10 bits per heavy atom. The number of nitrogens with zero attached hydrogens (tertiary/aromatic N) is 1. The van der Waals surface area contributed by atoms with Gasteiger partial charge < -0.3 is 10.4 Å². The molecule has 0 radical (unpaired) electrons. The van der Waals surface area contributed by atoms with Gasteiger partial charge in [0.25, 0.3) is 5.91 Å². The Labute approximate surface area is 116 Å². The van der Waals surface area contributed by atoms with Crippen LogP contribution in [0.2, 0.25) is 0 Å². The first-order chi connectivity index (χ1) is 9.90. The van der Waals surface area contributed by atoms with Gasteiger partial charge in [-0.1, -0.05) is 0 Å². The zero-order valence-electron chi connectivity index (χ0n) is 10.2. The van der Waals surface area contributed by atoms with Crippen LogP contribution in [0.5, 0.6) is 0 Å². The van der Waals surface area contributed by atoms with Gasteiger partial charge in [-0.15, -0.1) is 0 Å². The number of hydrogen-bond donors (Lipinski definition) is 2. The van der Waals surface area contributed by atoms with E-state index in [1.54, 1.807) is 0 Å². The maximum absolute atomic E-state index is 13.4. The smallest absolute Gasteiger partial charge is 0.338 e. The van der Waals surface area contributed by atoms with Crippen LogP contribution in [-0.4, -0.2) is 22.0 Å². The van der Waals surface area contributed by atoms with E-state index in [0.717, 1.165) is 6.07 Å². The summed E-state index contributed by atoms with van der Waals surface area (Å²) in [6, 6.07) is 3.15. The van der Waals surface area contributed by atoms with Gasteiger partial charge in [-0.25, -0.2) is 18.0 Å². The molecular weight excluding hydrogens is 289 g/mol. The van der Waals surface area contributed by atoms with Crippen molar-refractivity contribution in [1.82, 2.24) is 4.98 Å². The standard InChI is InChI=1S/C13H7F3N2O3/c14-7-4-9(16)10(5-8(7)15)18-12(19)11-6(13(20)21)2-1-3-17-11/h1-5H,(H,18,19)(H,20,21). The number of pyridine rings is 1. The van der Waals surface area contributed by atoms with Gasteiger partial charge in [-0.2, -0.15) is 0 Å². The van der Waals surface area contributed by atoms with Crippen molar-refractivity contribution in [1.29, 1.82) is 0 Å². The van der Waals surface area contributed by atoms with Crippen molar-refractivity contribution in [3.8, 4) is 0 Å². The van der Waals surface area contributed by atoms with E-state index in [-0.39, 0.29) is 6.07 Å². The molecule has 0 saturated carbocycles. The second-order valence-electron chi connectivity index (χ2n) is 3.91. The van der Waals surface area contributed by atoms with Gasteiger partial charge in [0.15, 0.2) is 11.6 Å². The number of carboxylic acid groups (broad SMARTS) is 1. The molecule has 21 heavy (non-hydrogen) atoms. The molecule has 0 saturated heterocycles. The quantitative estimate of drug-likeness (QED) is 0.853. The van der Waals surface area contributed by atoms with Crippen LogP contribution >= 0.6 is 0 Å². The molecule has 0 bridgehead atoms. The summed E-state index contributed by atoms with van der Waals surface area (Å²) in [7, 11) is 0. The van der Waals surface area contributed by atoms with Crippen molar-refractivity contribution in [2.75, 3.05) is 5.32 Å². The average Bonchev–Trinajstić information content (AvgIpc) is 2.44. The summed E-state index contributed by atoms with van der Waals surface area (Å²) in [5.74, 6) is -6.42.